The minimum absolute atomic E-state index is 0.511. The monoisotopic (exact) mass is 234 g/mol. The van der Waals surface area contributed by atoms with Crippen LogP contribution in [0, 0.1) is 6.92 Å². The van der Waals surface area contributed by atoms with Crippen molar-refractivity contribution in [3.8, 4) is 0 Å². The summed E-state index contributed by atoms with van der Waals surface area (Å²) in [6, 6.07) is 6.04. The summed E-state index contributed by atoms with van der Waals surface area (Å²) in [7, 11) is 0. The van der Waals surface area contributed by atoms with E-state index in [1.54, 1.807) is 0 Å². The molecule has 0 amide bonds. The zero-order chi connectivity index (χ0) is 12.5. The number of hydrogen-bond donors (Lipinski definition) is 2. The van der Waals surface area contributed by atoms with Crippen molar-refractivity contribution in [2.45, 2.75) is 38.7 Å². The predicted octanol–water partition coefficient (Wildman–Crippen LogP) is 2.32. The Bertz CT molecular complexity index is 401. The van der Waals surface area contributed by atoms with Gasteiger partial charge in [-0.15, -0.1) is 0 Å². The normalized spacial score (nSPS) is 25.7. The number of aliphatic hydroxyl groups is 1. The lowest BCUT2D eigenvalue weighted by molar-refractivity contribution is 0.0481. The first-order valence-electron chi connectivity index (χ1n) is 6.31. The van der Waals surface area contributed by atoms with Crippen molar-refractivity contribution >= 4 is 11.4 Å². The second-order valence-electron chi connectivity index (χ2n) is 5.38. The van der Waals surface area contributed by atoms with Gasteiger partial charge in [-0.3, -0.25) is 0 Å². The first-order chi connectivity index (χ1) is 7.98. The highest BCUT2D eigenvalue weighted by molar-refractivity contribution is 5.60. The highest BCUT2D eigenvalue weighted by Gasteiger charge is 2.25. The Morgan fingerprint density at radius 2 is 2.06 bits per heavy atom. The molecule has 3 heteroatoms. The predicted molar refractivity (Wildman–Crippen MR) is 72.3 cm³/mol. The van der Waals surface area contributed by atoms with Crippen molar-refractivity contribution in [3.05, 3.63) is 23.8 Å². The number of anilines is 2. The van der Waals surface area contributed by atoms with E-state index in [4.69, 9.17) is 5.73 Å². The highest BCUT2D eigenvalue weighted by Crippen LogP contribution is 2.28. The minimum Gasteiger partial charge on any atom is -0.399 e. The molecule has 0 spiro atoms. The molecule has 0 bridgehead atoms. The standard InChI is InChI=1S/C14H22N2O/c1-11-4-5-12(15)10-13(11)16-8-3-6-14(2,17)7-9-16/h4-5,10,17H,3,6-9,15H2,1-2H3. The van der Waals surface area contributed by atoms with E-state index in [1.165, 1.54) is 11.3 Å². The van der Waals surface area contributed by atoms with Crippen molar-refractivity contribution in [3.63, 3.8) is 0 Å². The van der Waals surface area contributed by atoms with Crippen molar-refractivity contribution in [1.82, 2.24) is 0 Å². The van der Waals surface area contributed by atoms with E-state index in [0.717, 1.165) is 38.0 Å². The van der Waals surface area contributed by atoms with E-state index < -0.39 is 5.60 Å². The largest absolute Gasteiger partial charge is 0.399 e. The molecule has 1 unspecified atom stereocenters. The van der Waals surface area contributed by atoms with Gasteiger partial charge in [0.2, 0.25) is 0 Å². The summed E-state index contributed by atoms with van der Waals surface area (Å²) in [5, 5.41) is 10.1. The number of hydrogen-bond acceptors (Lipinski definition) is 3. The molecule has 1 aromatic rings. The van der Waals surface area contributed by atoms with Crippen LogP contribution in [0.1, 0.15) is 31.7 Å². The Morgan fingerprint density at radius 3 is 2.82 bits per heavy atom. The maximum absolute atomic E-state index is 10.1. The van der Waals surface area contributed by atoms with Crippen LogP contribution in [0.5, 0.6) is 0 Å². The summed E-state index contributed by atoms with van der Waals surface area (Å²) < 4.78 is 0. The molecule has 3 nitrogen and oxygen atoms in total. The van der Waals surface area contributed by atoms with Crippen molar-refractivity contribution < 1.29 is 5.11 Å². The molecule has 0 aliphatic carbocycles. The molecule has 0 saturated carbocycles. The summed E-state index contributed by atoms with van der Waals surface area (Å²) in [6.45, 7) is 5.94. The van der Waals surface area contributed by atoms with Crippen LogP contribution in [0.4, 0.5) is 11.4 Å². The fraction of sp³-hybridized carbons (Fsp3) is 0.571. The first kappa shape index (κ1) is 12.2. The van der Waals surface area contributed by atoms with Gasteiger partial charge in [0.1, 0.15) is 0 Å². The van der Waals surface area contributed by atoms with Crippen LogP contribution in [0.15, 0.2) is 18.2 Å². The number of nitrogens with zero attached hydrogens (tertiary/aromatic N) is 1. The number of aryl methyl sites for hydroxylation is 1. The van der Waals surface area contributed by atoms with Gasteiger partial charge >= 0.3 is 0 Å². The molecule has 1 aromatic carbocycles. The summed E-state index contributed by atoms with van der Waals surface area (Å²) in [5.41, 5.74) is 8.61. The number of rotatable bonds is 1. The molecule has 17 heavy (non-hydrogen) atoms. The molecular formula is C14H22N2O. The van der Waals surface area contributed by atoms with Crippen LogP contribution in [0.3, 0.4) is 0 Å². The second kappa shape index (κ2) is 4.57. The lowest BCUT2D eigenvalue weighted by atomic mass is 9.98. The van der Waals surface area contributed by atoms with Gasteiger partial charge < -0.3 is 15.7 Å². The maximum atomic E-state index is 10.1. The Balaban J connectivity index is 2.19. The summed E-state index contributed by atoms with van der Waals surface area (Å²) >= 11 is 0. The van der Waals surface area contributed by atoms with Gasteiger partial charge in [-0.05, 0) is 50.8 Å². The van der Waals surface area contributed by atoms with E-state index in [2.05, 4.69) is 17.9 Å². The van der Waals surface area contributed by atoms with Gasteiger partial charge in [0, 0.05) is 24.5 Å². The van der Waals surface area contributed by atoms with E-state index in [-0.39, 0.29) is 0 Å². The van der Waals surface area contributed by atoms with Gasteiger partial charge in [0.25, 0.3) is 0 Å². The van der Waals surface area contributed by atoms with E-state index in [1.807, 2.05) is 19.1 Å². The molecule has 2 rings (SSSR count). The third-order valence-electron chi connectivity index (χ3n) is 3.64. The Labute approximate surface area is 103 Å². The molecule has 3 N–H and O–H groups in total. The second-order valence-corrected chi connectivity index (χ2v) is 5.38. The molecular weight excluding hydrogens is 212 g/mol. The van der Waals surface area contributed by atoms with Crippen molar-refractivity contribution in [1.29, 1.82) is 0 Å². The summed E-state index contributed by atoms with van der Waals surface area (Å²) in [6.07, 6.45) is 2.73. The van der Waals surface area contributed by atoms with Crippen LogP contribution < -0.4 is 10.6 Å². The molecule has 1 atom stereocenters. The third-order valence-corrected chi connectivity index (χ3v) is 3.64. The van der Waals surface area contributed by atoms with Gasteiger partial charge in [-0.2, -0.15) is 0 Å². The summed E-state index contributed by atoms with van der Waals surface area (Å²) in [5.74, 6) is 0. The van der Waals surface area contributed by atoms with E-state index in [0.29, 0.717) is 0 Å². The fourth-order valence-electron chi connectivity index (χ4n) is 2.47. The van der Waals surface area contributed by atoms with Crippen molar-refractivity contribution in [2.24, 2.45) is 0 Å². The topological polar surface area (TPSA) is 49.5 Å². The van der Waals surface area contributed by atoms with Crippen molar-refractivity contribution in [2.75, 3.05) is 23.7 Å². The number of benzene rings is 1. The lowest BCUT2D eigenvalue weighted by Crippen LogP contribution is -2.28. The smallest absolute Gasteiger partial charge is 0.0637 e. The summed E-state index contributed by atoms with van der Waals surface area (Å²) in [4.78, 5) is 2.34. The zero-order valence-corrected chi connectivity index (χ0v) is 10.7. The zero-order valence-electron chi connectivity index (χ0n) is 10.7. The molecule has 0 aromatic heterocycles. The quantitative estimate of drug-likeness (QED) is 0.733. The van der Waals surface area contributed by atoms with E-state index >= 15 is 0 Å². The van der Waals surface area contributed by atoms with Crippen LogP contribution in [-0.2, 0) is 0 Å². The number of nitrogen functional groups attached to an aromatic ring is 1. The molecule has 1 fully saturated rings. The van der Waals surface area contributed by atoms with Crippen LogP contribution in [-0.4, -0.2) is 23.8 Å². The Morgan fingerprint density at radius 1 is 1.29 bits per heavy atom. The molecule has 1 heterocycles. The molecule has 0 radical (unpaired) electrons. The number of nitrogens with two attached hydrogens (primary N) is 1. The van der Waals surface area contributed by atoms with Crippen LogP contribution in [0.25, 0.3) is 0 Å². The van der Waals surface area contributed by atoms with Crippen LogP contribution >= 0.6 is 0 Å². The van der Waals surface area contributed by atoms with Gasteiger partial charge in [-0.1, -0.05) is 6.07 Å². The highest BCUT2D eigenvalue weighted by atomic mass is 16.3. The van der Waals surface area contributed by atoms with Gasteiger partial charge in [0.15, 0.2) is 0 Å². The fourth-order valence-corrected chi connectivity index (χ4v) is 2.47. The Kier molecular flexibility index (Phi) is 3.29. The lowest BCUT2D eigenvalue weighted by Gasteiger charge is -2.26. The Hall–Kier alpha value is -1.22. The molecule has 1 saturated heterocycles. The third kappa shape index (κ3) is 2.91. The van der Waals surface area contributed by atoms with Crippen LogP contribution in [0.2, 0.25) is 0 Å². The average Bonchev–Trinajstić information content (AvgIpc) is 2.43. The molecule has 1 aliphatic heterocycles. The van der Waals surface area contributed by atoms with Gasteiger partial charge in [-0.25, -0.2) is 0 Å². The first-order valence-corrected chi connectivity index (χ1v) is 6.31. The average molecular weight is 234 g/mol. The van der Waals surface area contributed by atoms with Gasteiger partial charge in [0.05, 0.1) is 5.60 Å². The van der Waals surface area contributed by atoms with E-state index in [9.17, 15) is 5.11 Å². The minimum atomic E-state index is -0.511. The SMILES string of the molecule is Cc1ccc(N)cc1N1CCCC(C)(O)CC1. The molecule has 94 valence electrons. The maximum Gasteiger partial charge on any atom is 0.0637 e. The molecule has 1 aliphatic rings.